The van der Waals surface area contributed by atoms with Crippen molar-refractivity contribution in [3.8, 4) is 5.75 Å². The number of rotatable bonds is 9. The molecule has 0 saturated heterocycles. The van der Waals surface area contributed by atoms with Gasteiger partial charge in [0, 0.05) is 24.9 Å². The van der Waals surface area contributed by atoms with E-state index in [1.807, 2.05) is 32.0 Å². The van der Waals surface area contributed by atoms with Crippen LogP contribution in [-0.4, -0.2) is 42.7 Å². The van der Waals surface area contributed by atoms with Gasteiger partial charge in [-0.15, -0.1) is 0 Å². The lowest BCUT2D eigenvalue weighted by molar-refractivity contribution is -0.134. The number of hydrogen-bond donors (Lipinski definition) is 1. The van der Waals surface area contributed by atoms with E-state index in [2.05, 4.69) is 5.32 Å². The molecule has 0 aliphatic heterocycles. The number of hydrogen-bond acceptors (Lipinski definition) is 4. The number of carbonyl (C=O) groups is 3. The molecule has 2 amide bonds. The Kier molecular flexibility index (Phi) is 7.95. The SMILES string of the molecule is CCN(CC(=O)Nc1ccccc1OC)C(=O)CCC(=O)c1ccc(C)c(C)c1. The Morgan fingerprint density at radius 2 is 1.72 bits per heavy atom. The molecule has 6 nitrogen and oxygen atoms in total. The van der Waals surface area contributed by atoms with Crippen LogP contribution in [0.4, 0.5) is 5.69 Å². The average molecular weight is 396 g/mol. The Bertz CT molecular complexity index is 892. The summed E-state index contributed by atoms with van der Waals surface area (Å²) < 4.78 is 5.21. The largest absolute Gasteiger partial charge is 0.495 e. The summed E-state index contributed by atoms with van der Waals surface area (Å²) in [4.78, 5) is 38.7. The van der Waals surface area contributed by atoms with Crippen molar-refractivity contribution in [3.05, 3.63) is 59.2 Å². The number of likely N-dealkylation sites (N-methyl/N-ethyl adjacent to an activating group) is 1. The minimum Gasteiger partial charge on any atom is -0.495 e. The molecule has 0 spiro atoms. The van der Waals surface area contributed by atoms with Gasteiger partial charge in [0.25, 0.3) is 0 Å². The first kappa shape index (κ1) is 22.1. The molecule has 0 atom stereocenters. The van der Waals surface area contributed by atoms with Crippen LogP contribution < -0.4 is 10.1 Å². The second-order valence-electron chi connectivity index (χ2n) is 6.88. The summed E-state index contributed by atoms with van der Waals surface area (Å²) in [5, 5.41) is 2.76. The fourth-order valence-corrected chi connectivity index (χ4v) is 2.93. The van der Waals surface area contributed by atoms with Crippen LogP contribution in [0.25, 0.3) is 0 Å². The van der Waals surface area contributed by atoms with Gasteiger partial charge in [0.2, 0.25) is 11.8 Å². The Hall–Kier alpha value is -3.15. The predicted octanol–water partition coefficient (Wildman–Crippen LogP) is 3.76. The fraction of sp³-hybridized carbons (Fsp3) is 0.348. The van der Waals surface area contributed by atoms with Gasteiger partial charge in [-0.3, -0.25) is 14.4 Å². The number of nitrogens with zero attached hydrogens (tertiary/aromatic N) is 1. The summed E-state index contributed by atoms with van der Waals surface area (Å²) in [6.07, 6.45) is 0.188. The predicted molar refractivity (Wildman–Crippen MR) is 113 cm³/mol. The summed E-state index contributed by atoms with van der Waals surface area (Å²) in [7, 11) is 1.53. The van der Waals surface area contributed by atoms with Crippen molar-refractivity contribution in [2.45, 2.75) is 33.6 Å². The lowest BCUT2D eigenvalue weighted by atomic mass is 10.0. The van der Waals surface area contributed by atoms with Crippen molar-refractivity contribution in [2.75, 3.05) is 25.5 Å². The third kappa shape index (κ3) is 6.17. The molecule has 29 heavy (non-hydrogen) atoms. The minimum absolute atomic E-state index is 0.0710. The molecule has 154 valence electrons. The molecule has 2 aromatic carbocycles. The molecule has 2 aromatic rings. The van der Waals surface area contributed by atoms with E-state index in [1.54, 1.807) is 31.2 Å². The maximum Gasteiger partial charge on any atom is 0.244 e. The van der Waals surface area contributed by atoms with Gasteiger partial charge in [0.05, 0.1) is 19.3 Å². The highest BCUT2D eigenvalue weighted by Crippen LogP contribution is 2.22. The molecule has 0 radical (unpaired) electrons. The van der Waals surface area contributed by atoms with Gasteiger partial charge >= 0.3 is 0 Å². The van der Waals surface area contributed by atoms with Gasteiger partial charge in [0.15, 0.2) is 5.78 Å². The summed E-state index contributed by atoms with van der Waals surface area (Å²) in [6.45, 7) is 6.05. The van der Waals surface area contributed by atoms with Gasteiger partial charge in [-0.2, -0.15) is 0 Å². The van der Waals surface area contributed by atoms with Gasteiger partial charge in [-0.1, -0.05) is 24.3 Å². The van der Waals surface area contributed by atoms with Crippen LogP contribution in [0.5, 0.6) is 5.75 Å². The first-order valence-corrected chi connectivity index (χ1v) is 9.66. The molecular formula is C23H28N2O4. The Morgan fingerprint density at radius 1 is 1.00 bits per heavy atom. The van der Waals surface area contributed by atoms with E-state index in [0.717, 1.165) is 11.1 Å². The van der Waals surface area contributed by atoms with Crippen LogP contribution in [0, 0.1) is 13.8 Å². The van der Waals surface area contributed by atoms with Gasteiger partial charge in [0.1, 0.15) is 5.75 Å². The Labute approximate surface area is 171 Å². The number of carbonyl (C=O) groups excluding carboxylic acids is 3. The smallest absolute Gasteiger partial charge is 0.244 e. The zero-order chi connectivity index (χ0) is 21.4. The van der Waals surface area contributed by atoms with E-state index in [1.165, 1.54) is 12.0 Å². The summed E-state index contributed by atoms with van der Waals surface area (Å²) in [5.74, 6) is -0.0600. The maximum atomic E-state index is 12.5. The number of benzene rings is 2. The quantitative estimate of drug-likeness (QED) is 0.655. The van der Waals surface area contributed by atoms with Crippen LogP contribution in [0.15, 0.2) is 42.5 Å². The number of aryl methyl sites for hydroxylation is 2. The molecule has 0 bridgehead atoms. The highest BCUT2D eigenvalue weighted by molar-refractivity contribution is 5.99. The number of anilines is 1. The van der Waals surface area contributed by atoms with Crippen molar-refractivity contribution in [2.24, 2.45) is 0 Å². The van der Waals surface area contributed by atoms with E-state index in [9.17, 15) is 14.4 Å². The van der Waals surface area contributed by atoms with E-state index in [4.69, 9.17) is 4.74 Å². The van der Waals surface area contributed by atoms with Crippen molar-refractivity contribution in [1.82, 2.24) is 4.90 Å². The third-order valence-corrected chi connectivity index (χ3v) is 4.84. The van der Waals surface area contributed by atoms with E-state index >= 15 is 0 Å². The van der Waals surface area contributed by atoms with E-state index in [0.29, 0.717) is 23.5 Å². The first-order valence-electron chi connectivity index (χ1n) is 9.66. The van der Waals surface area contributed by atoms with Crippen molar-refractivity contribution in [3.63, 3.8) is 0 Å². The zero-order valence-electron chi connectivity index (χ0n) is 17.5. The number of Topliss-reactive ketones (excluding diaryl/α,β-unsaturated/α-hetero) is 1. The summed E-state index contributed by atoms with van der Waals surface area (Å²) in [5.41, 5.74) is 3.33. The molecule has 1 N–H and O–H groups in total. The second kappa shape index (κ2) is 10.4. The fourth-order valence-electron chi connectivity index (χ4n) is 2.93. The molecule has 0 heterocycles. The van der Waals surface area contributed by atoms with Crippen LogP contribution in [0.2, 0.25) is 0 Å². The van der Waals surface area contributed by atoms with Crippen molar-refractivity contribution >= 4 is 23.3 Å². The number of ketones is 1. The standard InChI is InChI=1S/C23H28N2O4/c1-5-25(15-22(27)24-19-8-6-7-9-21(19)29-4)23(28)13-12-20(26)18-11-10-16(2)17(3)14-18/h6-11,14H,5,12-13,15H2,1-4H3,(H,24,27). The minimum atomic E-state index is -0.315. The van der Waals surface area contributed by atoms with Crippen LogP contribution in [-0.2, 0) is 9.59 Å². The topological polar surface area (TPSA) is 75.7 Å². The lowest BCUT2D eigenvalue weighted by Gasteiger charge is -2.20. The van der Waals surface area contributed by atoms with E-state index < -0.39 is 0 Å². The van der Waals surface area contributed by atoms with Crippen LogP contribution in [0.1, 0.15) is 41.3 Å². The van der Waals surface area contributed by atoms with Gasteiger partial charge in [-0.05, 0) is 50.1 Å². The highest BCUT2D eigenvalue weighted by Gasteiger charge is 2.18. The number of amides is 2. The van der Waals surface area contributed by atoms with Crippen molar-refractivity contribution < 1.29 is 19.1 Å². The number of methoxy groups -OCH3 is 1. The Morgan fingerprint density at radius 3 is 2.38 bits per heavy atom. The summed E-state index contributed by atoms with van der Waals surface area (Å²) >= 11 is 0. The zero-order valence-corrected chi connectivity index (χ0v) is 17.5. The maximum absolute atomic E-state index is 12.5. The van der Waals surface area contributed by atoms with Crippen LogP contribution >= 0.6 is 0 Å². The molecule has 0 fully saturated rings. The highest BCUT2D eigenvalue weighted by atomic mass is 16.5. The normalized spacial score (nSPS) is 10.3. The molecule has 0 aliphatic carbocycles. The number of ether oxygens (including phenoxy) is 1. The number of para-hydroxylation sites is 2. The van der Waals surface area contributed by atoms with Crippen LogP contribution in [0.3, 0.4) is 0 Å². The number of nitrogens with one attached hydrogen (secondary N) is 1. The monoisotopic (exact) mass is 396 g/mol. The van der Waals surface area contributed by atoms with Crippen molar-refractivity contribution in [1.29, 1.82) is 0 Å². The molecule has 0 unspecified atom stereocenters. The molecule has 0 aliphatic rings. The molecule has 2 rings (SSSR count). The second-order valence-corrected chi connectivity index (χ2v) is 6.88. The third-order valence-electron chi connectivity index (χ3n) is 4.84. The van der Waals surface area contributed by atoms with Gasteiger partial charge < -0.3 is 15.0 Å². The molecular weight excluding hydrogens is 368 g/mol. The van der Waals surface area contributed by atoms with Gasteiger partial charge in [-0.25, -0.2) is 0 Å². The van der Waals surface area contributed by atoms with E-state index in [-0.39, 0.29) is 37.0 Å². The molecule has 6 heteroatoms. The average Bonchev–Trinajstić information content (AvgIpc) is 2.72. The molecule has 0 aromatic heterocycles. The molecule has 0 saturated carbocycles. The summed E-state index contributed by atoms with van der Waals surface area (Å²) in [6, 6.07) is 12.6. The lowest BCUT2D eigenvalue weighted by Crippen LogP contribution is -2.38. The Balaban J connectivity index is 1.91. The first-order chi connectivity index (χ1) is 13.8.